The summed E-state index contributed by atoms with van der Waals surface area (Å²) in [6.07, 6.45) is 0. The minimum atomic E-state index is 0.458. The zero-order valence-corrected chi connectivity index (χ0v) is 13.6. The van der Waals surface area contributed by atoms with Gasteiger partial charge in [-0.1, -0.05) is 29.8 Å². The molecule has 2 rings (SSSR count). The first-order chi connectivity index (χ1) is 9.52. The van der Waals surface area contributed by atoms with E-state index in [2.05, 4.69) is 46.1 Å². The fourth-order valence-corrected chi connectivity index (χ4v) is 2.07. The van der Waals surface area contributed by atoms with Gasteiger partial charge in [0.2, 0.25) is 5.88 Å². The molecule has 0 atom stereocenters. The van der Waals surface area contributed by atoms with Gasteiger partial charge in [-0.25, -0.2) is 4.98 Å². The van der Waals surface area contributed by atoms with E-state index in [0.717, 1.165) is 22.5 Å². The van der Waals surface area contributed by atoms with Gasteiger partial charge >= 0.3 is 0 Å². The van der Waals surface area contributed by atoms with E-state index in [4.69, 9.17) is 4.74 Å². The molecule has 0 amide bonds. The van der Waals surface area contributed by atoms with E-state index in [1.165, 1.54) is 5.56 Å². The average molecular weight is 335 g/mol. The van der Waals surface area contributed by atoms with Crippen molar-refractivity contribution >= 4 is 15.9 Å². The molecule has 106 valence electrons. The van der Waals surface area contributed by atoms with Gasteiger partial charge in [0.25, 0.3) is 0 Å². The molecule has 0 radical (unpaired) electrons. The minimum absolute atomic E-state index is 0.458. The van der Waals surface area contributed by atoms with E-state index in [9.17, 15) is 0 Å². The van der Waals surface area contributed by atoms with Crippen molar-refractivity contribution in [2.75, 3.05) is 0 Å². The van der Waals surface area contributed by atoms with Crippen molar-refractivity contribution in [3.8, 4) is 11.6 Å². The van der Waals surface area contributed by atoms with Crippen LogP contribution in [0.25, 0.3) is 0 Å². The number of rotatable bonds is 5. The van der Waals surface area contributed by atoms with Crippen molar-refractivity contribution < 1.29 is 4.74 Å². The second kappa shape index (κ2) is 6.86. The number of benzene rings is 1. The van der Waals surface area contributed by atoms with E-state index >= 15 is 0 Å². The molecule has 0 aliphatic heterocycles. The number of hydrogen-bond donors (Lipinski definition) is 1. The van der Waals surface area contributed by atoms with Crippen molar-refractivity contribution in [2.24, 2.45) is 0 Å². The SMILES string of the molecule is Cc1cc(CNC(C)C)cc(Oc2ccc(Br)cc2)n1. The summed E-state index contributed by atoms with van der Waals surface area (Å²) >= 11 is 3.41. The zero-order chi connectivity index (χ0) is 14.5. The predicted molar refractivity (Wildman–Crippen MR) is 85.2 cm³/mol. The Kier molecular flexibility index (Phi) is 5.15. The van der Waals surface area contributed by atoms with Crippen molar-refractivity contribution in [1.82, 2.24) is 10.3 Å². The fraction of sp³-hybridized carbons (Fsp3) is 0.312. The van der Waals surface area contributed by atoms with Crippen LogP contribution < -0.4 is 10.1 Å². The first-order valence-electron chi connectivity index (χ1n) is 6.67. The normalized spacial score (nSPS) is 10.8. The molecule has 0 fully saturated rings. The summed E-state index contributed by atoms with van der Waals surface area (Å²) < 4.78 is 6.83. The largest absolute Gasteiger partial charge is 0.439 e. The monoisotopic (exact) mass is 334 g/mol. The van der Waals surface area contributed by atoms with E-state index < -0.39 is 0 Å². The first-order valence-corrected chi connectivity index (χ1v) is 7.46. The summed E-state index contributed by atoms with van der Waals surface area (Å²) in [4.78, 5) is 4.42. The number of hydrogen-bond acceptors (Lipinski definition) is 3. The zero-order valence-electron chi connectivity index (χ0n) is 12.0. The topological polar surface area (TPSA) is 34.1 Å². The van der Waals surface area contributed by atoms with Gasteiger partial charge in [0.05, 0.1) is 0 Å². The summed E-state index contributed by atoms with van der Waals surface area (Å²) in [5, 5.41) is 3.40. The second-order valence-corrected chi connectivity index (χ2v) is 5.96. The predicted octanol–water partition coefficient (Wildman–Crippen LogP) is 4.44. The van der Waals surface area contributed by atoms with Gasteiger partial charge in [0.1, 0.15) is 5.75 Å². The minimum Gasteiger partial charge on any atom is -0.439 e. The van der Waals surface area contributed by atoms with Crippen molar-refractivity contribution in [3.05, 3.63) is 52.1 Å². The van der Waals surface area contributed by atoms with E-state index in [-0.39, 0.29) is 0 Å². The Labute approximate surface area is 128 Å². The van der Waals surface area contributed by atoms with Crippen LogP contribution in [0.4, 0.5) is 0 Å². The number of pyridine rings is 1. The lowest BCUT2D eigenvalue weighted by atomic mass is 10.2. The quantitative estimate of drug-likeness (QED) is 0.877. The van der Waals surface area contributed by atoms with Gasteiger partial charge in [0.15, 0.2) is 0 Å². The Hall–Kier alpha value is -1.39. The summed E-state index contributed by atoms with van der Waals surface area (Å²) in [7, 11) is 0. The standard InChI is InChI=1S/C16H19BrN2O/c1-11(2)18-10-13-8-12(3)19-16(9-13)20-15-6-4-14(17)5-7-15/h4-9,11,18H,10H2,1-3H3. The molecule has 1 aromatic carbocycles. The summed E-state index contributed by atoms with van der Waals surface area (Å²) in [6, 6.07) is 12.2. The summed E-state index contributed by atoms with van der Waals surface area (Å²) in [6.45, 7) is 7.06. The molecule has 20 heavy (non-hydrogen) atoms. The van der Waals surface area contributed by atoms with Gasteiger partial charge in [-0.05, 0) is 42.8 Å². The molecule has 0 aliphatic carbocycles. The van der Waals surface area contributed by atoms with Gasteiger partial charge in [-0.3, -0.25) is 0 Å². The summed E-state index contributed by atoms with van der Waals surface area (Å²) in [5.41, 5.74) is 2.14. The molecule has 0 saturated heterocycles. The Balaban J connectivity index is 2.13. The molecule has 1 aromatic heterocycles. The maximum Gasteiger partial charge on any atom is 0.219 e. The highest BCUT2D eigenvalue weighted by Crippen LogP contribution is 2.23. The molecule has 0 spiro atoms. The summed E-state index contributed by atoms with van der Waals surface area (Å²) in [5.74, 6) is 1.42. The molecular weight excluding hydrogens is 316 g/mol. The number of nitrogens with zero attached hydrogens (tertiary/aromatic N) is 1. The maximum atomic E-state index is 5.80. The van der Waals surface area contributed by atoms with Gasteiger partial charge < -0.3 is 10.1 Å². The molecule has 4 heteroatoms. The fourth-order valence-electron chi connectivity index (χ4n) is 1.81. The van der Waals surface area contributed by atoms with E-state index in [0.29, 0.717) is 11.9 Å². The number of nitrogens with one attached hydrogen (secondary N) is 1. The Morgan fingerprint density at radius 3 is 2.55 bits per heavy atom. The number of halogens is 1. The van der Waals surface area contributed by atoms with Crippen LogP contribution in [0, 0.1) is 6.92 Å². The Morgan fingerprint density at radius 1 is 1.20 bits per heavy atom. The van der Waals surface area contributed by atoms with Gasteiger partial charge in [0, 0.05) is 28.8 Å². The Morgan fingerprint density at radius 2 is 1.90 bits per heavy atom. The van der Waals surface area contributed by atoms with Gasteiger partial charge in [-0.2, -0.15) is 0 Å². The Bertz CT molecular complexity index is 567. The molecule has 0 aliphatic rings. The average Bonchev–Trinajstić information content (AvgIpc) is 2.38. The molecule has 0 bridgehead atoms. The van der Waals surface area contributed by atoms with Crippen LogP contribution >= 0.6 is 15.9 Å². The van der Waals surface area contributed by atoms with Crippen LogP contribution in [0.2, 0.25) is 0 Å². The van der Waals surface area contributed by atoms with Crippen molar-refractivity contribution in [3.63, 3.8) is 0 Å². The van der Waals surface area contributed by atoms with Crippen LogP contribution in [0.3, 0.4) is 0 Å². The molecule has 2 aromatic rings. The number of ether oxygens (including phenoxy) is 1. The van der Waals surface area contributed by atoms with E-state index in [1.54, 1.807) is 0 Å². The van der Waals surface area contributed by atoms with Crippen molar-refractivity contribution in [2.45, 2.75) is 33.4 Å². The van der Waals surface area contributed by atoms with Crippen LogP contribution in [0.5, 0.6) is 11.6 Å². The molecule has 0 unspecified atom stereocenters. The number of aryl methyl sites for hydroxylation is 1. The smallest absolute Gasteiger partial charge is 0.219 e. The lowest BCUT2D eigenvalue weighted by Crippen LogP contribution is -2.21. The third-order valence-corrected chi connectivity index (χ3v) is 3.27. The van der Waals surface area contributed by atoms with Crippen LogP contribution in [0.15, 0.2) is 40.9 Å². The third kappa shape index (κ3) is 4.62. The van der Waals surface area contributed by atoms with Gasteiger partial charge in [-0.15, -0.1) is 0 Å². The third-order valence-electron chi connectivity index (χ3n) is 2.74. The highest BCUT2D eigenvalue weighted by atomic mass is 79.9. The van der Waals surface area contributed by atoms with E-state index in [1.807, 2.05) is 37.3 Å². The second-order valence-electron chi connectivity index (χ2n) is 5.05. The van der Waals surface area contributed by atoms with Crippen LogP contribution in [-0.4, -0.2) is 11.0 Å². The molecule has 3 nitrogen and oxygen atoms in total. The first kappa shape index (κ1) is 15.0. The van der Waals surface area contributed by atoms with Crippen LogP contribution in [0.1, 0.15) is 25.1 Å². The highest BCUT2D eigenvalue weighted by molar-refractivity contribution is 9.10. The number of aromatic nitrogens is 1. The molecule has 1 N–H and O–H groups in total. The molecule has 0 saturated carbocycles. The molecular formula is C16H19BrN2O. The highest BCUT2D eigenvalue weighted by Gasteiger charge is 2.04. The van der Waals surface area contributed by atoms with Crippen molar-refractivity contribution in [1.29, 1.82) is 0 Å². The lowest BCUT2D eigenvalue weighted by molar-refractivity contribution is 0.460. The maximum absolute atomic E-state index is 5.80. The van der Waals surface area contributed by atoms with Crippen LogP contribution in [-0.2, 0) is 6.54 Å². The molecule has 1 heterocycles. The lowest BCUT2D eigenvalue weighted by Gasteiger charge is -2.11.